The molecule has 0 aromatic heterocycles. The summed E-state index contributed by atoms with van der Waals surface area (Å²) in [5.41, 5.74) is 4.42. The Morgan fingerprint density at radius 1 is 0.939 bits per heavy atom. The number of hydrogen-bond acceptors (Lipinski definition) is 7. The third kappa shape index (κ3) is 3.75. The molecule has 2 aliphatic heterocycles. The fourth-order valence-corrected chi connectivity index (χ4v) is 4.27. The summed E-state index contributed by atoms with van der Waals surface area (Å²) in [6.07, 6.45) is 0.297. The molecule has 5 rings (SSSR count). The fourth-order valence-electron chi connectivity index (χ4n) is 4.27. The molecule has 0 fully saturated rings. The highest BCUT2D eigenvalue weighted by Crippen LogP contribution is 2.48. The van der Waals surface area contributed by atoms with Crippen LogP contribution in [0.3, 0.4) is 0 Å². The smallest absolute Gasteiger partial charge is 0.337 e. The topological polar surface area (TPSA) is 69.6 Å². The van der Waals surface area contributed by atoms with Gasteiger partial charge in [-0.3, -0.25) is 0 Å². The quantitative estimate of drug-likeness (QED) is 0.530. The zero-order valence-corrected chi connectivity index (χ0v) is 18.6. The van der Waals surface area contributed by atoms with E-state index in [1.807, 2.05) is 59.6 Å². The maximum absolute atomic E-state index is 11.8. The van der Waals surface area contributed by atoms with Gasteiger partial charge in [0.15, 0.2) is 0 Å². The number of rotatable bonds is 5. The minimum absolute atomic E-state index is 0.00812. The first-order chi connectivity index (χ1) is 16.1. The van der Waals surface area contributed by atoms with E-state index < -0.39 is 6.23 Å². The van der Waals surface area contributed by atoms with Crippen molar-refractivity contribution in [2.75, 3.05) is 21.3 Å². The van der Waals surface area contributed by atoms with E-state index >= 15 is 0 Å². The Balaban J connectivity index is 1.54. The molecular weight excluding hydrogens is 420 g/mol. The van der Waals surface area contributed by atoms with Gasteiger partial charge in [0, 0.05) is 17.5 Å². The SMILES string of the molecule is COC(=O)c1ccc([C@H]2Oc3ccc(OC)cc3[C@H]3CC(c4ccc(OC)cc4)=NN32)cc1. The van der Waals surface area contributed by atoms with Crippen LogP contribution >= 0.6 is 0 Å². The maximum Gasteiger partial charge on any atom is 0.337 e. The summed E-state index contributed by atoms with van der Waals surface area (Å²) in [6.45, 7) is 0. The number of hydrogen-bond donors (Lipinski definition) is 0. The second kappa shape index (κ2) is 8.50. The second-order valence-corrected chi connectivity index (χ2v) is 7.86. The summed E-state index contributed by atoms with van der Waals surface area (Å²) in [7, 11) is 4.68. The van der Waals surface area contributed by atoms with Crippen LogP contribution in [0.5, 0.6) is 17.2 Å². The van der Waals surface area contributed by atoms with Crippen molar-refractivity contribution in [3.63, 3.8) is 0 Å². The van der Waals surface area contributed by atoms with E-state index in [1.54, 1.807) is 26.4 Å². The van der Waals surface area contributed by atoms with E-state index in [4.69, 9.17) is 24.0 Å². The molecule has 33 heavy (non-hydrogen) atoms. The zero-order chi connectivity index (χ0) is 22.9. The van der Waals surface area contributed by atoms with E-state index in [0.717, 1.165) is 46.1 Å². The monoisotopic (exact) mass is 444 g/mol. The van der Waals surface area contributed by atoms with Gasteiger partial charge in [0.05, 0.1) is 38.6 Å². The van der Waals surface area contributed by atoms with Crippen LogP contribution in [-0.2, 0) is 4.74 Å². The second-order valence-electron chi connectivity index (χ2n) is 7.86. The number of nitrogens with zero attached hydrogens (tertiary/aromatic N) is 2. The van der Waals surface area contributed by atoms with Crippen molar-refractivity contribution in [3.05, 3.63) is 89.0 Å². The molecule has 7 heteroatoms. The number of carbonyl (C=O) groups excluding carboxylic acids is 1. The number of methoxy groups -OCH3 is 3. The molecule has 0 saturated heterocycles. The Bertz CT molecular complexity index is 1200. The van der Waals surface area contributed by atoms with E-state index in [1.165, 1.54) is 7.11 Å². The predicted molar refractivity (Wildman–Crippen MR) is 123 cm³/mol. The lowest BCUT2D eigenvalue weighted by molar-refractivity contribution is -0.0191. The molecule has 2 atom stereocenters. The van der Waals surface area contributed by atoms with Crippen LogP contribution in [0.1, 0.15) is 45.7 Å². The first-order valence-electron chi connectivity index (χ1n) is 10.6. The molecule has 0 saturated carbocycles. The van der Waals surface area contributed by atoms with Crippen LogP contribution in [0.25, 0.3) is 0 Å². The minimum Gasteiger partial charge on any atom is -0.497 e. The lowest BCUT2D eigenvalue weighted by Crippen LogP contribution is -2.33. The van der Waals surface area contributed by atoms with Gasteiger partial charge in [0.1, 0.15) is 17.2 Å². The van der Waals surface area contributed by atoms with Crippen molar-refractivity contribution in [2.45, 2.75) is 18.7 Å². The van der Waals surface area contributed by atoms with Crippen LogP contribution < -0.4 is 14.2 Å². The number of carbonyl (C=O) groups is 1. The zero-order valence-electron chi connectivity index (χ0n) is 18.6. The molecule has 0 N–H and O–H groups in total. The van der Waals surface area contributed by atoms with E-state index in [9.17, 15) is 4.79 Å². The minimum atomic E-state index is -0.432. The molecule has 7 nitrogen and oxygen atoms in total. The van der Waals surface area contributed by atoms with Gasteiger partial charge < -0.3 is 18.9 Å². The highest BCUT2D eigenvalue weighted by molar-refractivity contribution is 6.02. The van der Waals surface area contributed by atoms with Crippen molar-refractivity contribution in [1.29, 1.82) is 0 Å². The lowest BCUT2D eigenvalue weighted by atomic mass is 9.95. The molecule has 0 aliphatic carbocycles. The van der Waals surface area contributed by atoms with E-state index in [0.29, 0.717) is 5.56 Å². The molecule has 0 spiro atoms. The van der Waals surface area contributed by atoms with Crippen LogP contribution in [0, 0.1) is 0 Å². The van der Waals surface area contributed by atoms with Crippen LogP contribution in [0.2, 0.25) is 0 Å². The van der Waals surface area contributed by atoms with Crippen LogP contribution in [-0.4, -0.2) is 38.0 Å². The first-order valence-corrected chi connectivity index (χ1v) is 10.6. The van der Waals surface area contributed by atoms with Crippen molar-refractivity contribution in [1.82, 2.24) is 5.01 Å². The van der Waals surface area contributed by atoms with Crippen LogP contribution in [0.4, 0.5) is 0 Å². The van der Waals surface area contributed by atoms with Gasteiger partial charge in [0.25, 0.3) is 0 Å². The number of fused-ring (bicyclic) bond motifs is 3. The largest absolute Gasteiger partial charge is 0.497 e. The molecule has 2 aliphatic rings. The van der Waals surface area contributed by atoms with Gasteiger partial charge in [-0.25, -0.2) is 9.80 Å². The first kappa shape index (κ1) is 20.9. The highest BCUT2D eigenvalue weighted by Gasteiger charge is 2.41. The number of benzene rings is 3. The summed E-state index contributed by atoms with van der Waals surface area (Å²) >= 11 is 0. The summed E-state index contributed by atoms with van der Waals surface area (Å²) < 4.78 is 22.0. The summed E-state index contributed by atoms with van der Waals surface area (Å²) in [5, 5.41) is 6.97. The summed E-state index contributed by atoms with van der Waals surface area (Å²) in [6, 6.07) is 21.0. The third-order valence-electron chi connectivity index (χ3n) is 6.04. The molecule has 3 aromatic rings. The summed E-state index contributed by atoms with van der Waals surface area (Å²) in [5.74, 6) is 2.00. The Morgan fingerprint density at radius 3 is 2.30 bits per heavy atom. The Morgan fingerprint density at radius 2 is 1.64 bits per heavy atom. The molecule has 0 unspecified atom stereocenters. The normalized spacial score (nSPS) is 18.5. The molecule has 0 radical (unpaired) electrons. The van der Waals surface area contributed by atoms with Gasteiger partial charge >= 0.3 is 5.97 Å². The average molecular weight is 444 g/mol. The number of esters is 1. The molecular formula is C26H24N2O5. The highest BCUT2D eigenvalue weighted by atomic mass is 16.5. The molecule has 0 amide bonds. The van der Waals surface area contributed by atoms with Gasteiger partial charge in [-0.2, -0.15) is 5.10 Å². The standard InChI is InChI=1S/C26H24N2O5/c1-30-19-10-8-16(9-11-19)22-15-23-21-14-20(31-2)12-13-24(21)33-25(28(23)27-22)17-4-6-18(7-5-17)26(29)32-3/h4-14,23,25H,15H2,1-3H3/t23-,25-/m1/s1. The molecule has 168 valence electrons. The van der Waals surface area contributed by atoms with E-state index in [-0.39, 0.29) is 12.0 Å². The lowest BCUT2D eigenvalue weighted by Gasteiger charge is -2.38. The van der Waals surface area contributed by atoms with E-state index in [2.05, 4.69) is 0 Å². The third-order valence-corrected chi connectivity index (χ3v) is 6.04. The van der Waals surface area contributed by atoms with Crippen molar-refractivity contribution < 1.29 is 23.7 Å². The maximum atomic E-state index is 11.8. The predicted octanol–water partition coefficient (Wildman–Crippen LogP) is 4.73. The molecule has 3 aromatic carbocycles. The van der Waals surface area contributed by atoms with Gasteiger partial charge in [-0.15, -0.1) is 0 Å². The van der Waals surface area contributed by atoms with Gasteiger partial charge in [-0.05, 0) is 60.2 Å². The summed E-state index contributed by atoms with van der Waals surface area (Å²) in [4.78, 5) is 11.8. The van der Waals surface area contributed by atoms with Crippen molar-refractivity contribution in [2.24, 2.45) is 5.10 Å². The Kier molecular flexibility index (Phi) is 5.38. The number of hydrazone groups is 1. The Hall–Kier alpha value is -4.00. The molecule has 2 heterocycles. The average Bonchev–Trinajstić information content (AvgIpc) is 3.33. The fraction of sp³-hybridized carbons (Fsp3) is 0.231. The van der Waals surface area contributed by atoms with Gasteiger partial charge in [-0.1, -0.05) is 12.1 Å². The van der Waals surface area contributed by atoms with Crippen molar-refractivity contribution >= 4 is 11.7 Å². The van der Waals surface area contributed by atoms with Crippen LogP contribution in [0.15, 0.2) is 71.8 Å². The van der Waals surface area contributed by atoms with Crippen molar-refractivity contribution in [3.8, 4) is 17.2 Å². The number of ether oxygens (including phenoxy) is 4. The molecule has 0 bridgehead atoms. The van der Waals surface area contributed by atoms with Gasteiger partial charge in [0.2, 0.25) is 6.23 Å². The Labute approximate surface area is 192 Å².